The normalized spacial score (nSPS) is 12.8. The minimum atomic E-state index is -2.88. The molecule has 1 aromatic rings. The molecule has 0 aliphatic rings. The summed E-state index contributed by atoms with van der Waals surface area (Å²) in [6.07, 6.45) is -0.419. The lowest BCUT2D eigenvalue weighted by Crippen LogP contribution is -2.30. The molecule has 0 bridgehead atoms. The molecule has 1 aromatic carbocycles. The third-order valence-electron chi connectivity index (χ3n) is 2.98. The molecular formula is C15H23F2NO3. The van der Waals surface area contributed by atoms with Crippen molar-refractivity contribution < 1.29 is 23.4 Å². The highest BCUT2D eigenvalue weighted by Gasteiger charge is 2.12. The molecule has 1 rings (SSSR count). The van der Waals surface area contributed by atoms with Crippen LogP contribution in [0.5, 0.6) is 11.5 Å². The number of alkyl halides is 2. The summed E-state index contributed by atoms with van der Waals surface area (Å²) in [7, 11) is 0. The zero-order chi connectivity index (χ0) is 15.8. The number of halogens is 2. The SMILES string of the molecule is CCOc1cc(CNCC(O)C(C)C)ccc1OC(F)F. The summed E-state index contributed by atoms with van der Waals surface area (Å²) in [6, 6.07) is 4.82. The minimum absolute atomic E-state index is 0.0258. The summed E-state index contributed by atoms with van der Waals surface area (Å²) in [5, 5.41) is 12.8. The van der Waals surface area contributed by atoms with E-state index >= 15 is 0 Å². The van der Waals surface area contributed by atoms with Crippen LogP contribution in [0.4, 0.5) is 8.78 Å². The maximum Gasteiger partial charge on any atom is 0.387 e. The van der Waals surface area contributed by atoms with Crippen molar-refractivity contribution in [3.05, 3.63) is 23.8 Å². The van der Waals surface area contributed by atoms with Crippen LogP contribution in [0.3, 0.4) is 0 Å². The molecule has 0 spiro atoms. The molecule has 2 N–H and O–H groups in total. The van der Waals surface area contributed by atoms with Crippen molar-refractivity contribution in [3.8, 4) is 11.5 Å². The molecule has 0 fully saturated rings. The molecule has 0 saturated heterocycles. The second-order valence-electron chi connectivity index (χ2n) is 5.03. The molecule has 21 heavy (non-hydrogen) atoms. The van der Waals surface area contributed by atoms with Crippen LogP contribution in [0.25, 0.3) is 0 Å². The first-order valence-electron chi connectivity index (χ1n) is 7.03. The van der Waals surface area contributed by atoms with Gasteiger partial charge in [0.2, 0.25) is 0 Å². The molecule has 1 atom stereocenters. The van der Waals surface area contributed by atoms with Gasteiger partial charge >= 0.3 is 6.61 Å². The van der Waals surface area contributed by atoms with Gasteiger partial charge in [-0.15, -0.1) is 0 Å². The lowest BCUT2D eigenvalue weighted by molar-refractivity contribution is -0.0514. The van der Waals surface area contributed by atoms with Crippen molar-refractivity contribution in [2.75, 3.05) is 13.2 Å². The van der Waals surface area contributed by atoms with Gasteiger partial charge in [-0.1, -0.05) is 19.9 Å². The average molecular weight is 303 g/mol. The van der Waals surface area contributed by atoms with E-state index in [0.717, 1.165) is 5.56 Å². The molecule has 0 aliphatic heterocycles. The summed E-state index contributed by atoms with van der Waals surface area (Å²) in [4.78, 5) is 0. The first-order valence-corrected chi connectivity index (χ1v) is 7.03. The summed E-state index contributed by atoms with van der Waals surface area (Å²) < 4.78 is 34.3. The number of benzene rings is 1. The van der Waals surface area contributed by atoms with Gasteiger partial charge in [0.15, 0.2) is 11.5 Å². The quantitative estimate of drug-likeness (QED) is 0.736. The zero-order valence-electron chi connectivity index (χ0n) is 12.6. The van der Waals surface area contributed by atoms with E-state index in [0.29, 0.717) is 25.4 Å². The van der Waals surface area contributed by atoms with Crippen molar-refractivity contribution >= 4 is 0 Å². The molecule has 0 radical (unpaired) electrons. The van der Waals surface area contributed by atoms with Crippen molar-refractivity contribution in [3.63, 3.8) is 0 Å². The van der Waals surface area contributed by atoms with Gasteiger partial charge in [-0.2, -0.15) is 8.78 Å². The van der Waals surface area contributed by atoms with Crippen LogP contribution >= 0.6 is 0 Å². The highest BCUT2D eigenvalue weighted by Crippen LogP contribution is 2.29. The third kappa shape index (κ3) is 6.27. The van der Waals surface area contributed by atoms with E-state index in [9.17, 15) is 13.9 Å². The maximum atomic E-state index is 12.3. The Hall–Kier alpha value is -1.40. The van der Waals surface area contributed by atoms with Gasteiger partial charge in [0.25, 0.3) is 0 Å². The van der Waals surface area contributed by atoms with E-state index in [1.807, 2.05) is 13.8 Å². The Morgan fingerprint density at radius 1 is 1.24 bits per heavy atom. The Kier molecular flexibility index (Phi) is 7.39. The van der Waals surface area contributed by atoms with E-state index in [1.165, 1.54) is 6.07 Å². The van der Waals surface area contributed by atoms with Crippen molar-refractivity contribution in [1.82, 2.24) is 5.32 Å². The van der Waals surface area contributed by atoms with Crippen molar-refractivity contribution in [2.24, 2.45) is 5.92 Å². The summed E-state index contributed by atoms with van der Waals surface area (Å²) in [5.74, 6) is 0.498. The predicted molar refractivity (Wildman–Crippen MR) is 76.8 cm³/mol. The number of ether oxygens (including phenoxy) is 2. The Bertz CT molecular complexity index is 427. The van der Waals surface area contributed by atoms with Gasteiger partial charge in [-0.3, -0.25) is 0 Å². The molecule has 0 aromatic heterocycles. The largest absolute Gasteiger partial charge is 0.490 e. The number of rotatable bonds is 9. The Labute approximate surface area is 124 Å². The van der Waals surface area contributed by atoms with Crippen LogP contribution in [-0.4, -0.2) is 31.0 Å². The molecule has 0 amide bonds. The number of nitrogens with one attached hydrogen (secondary N) is 1. The van der Waals surface area contributed by atoms with Crippen molar-refractivity contribution in [2.45, 2.75) is 40.0 Å². The lowest BCUT2D eigenvalue weighted by Gasteiger charge is -2.16. The lowest BCUT2D eigenvalue weighted by atomic mass is 10.1. The second kappa shape index (κ2) is 8.79. The Balaban J connectivity index is 2.65. The van der Waals surface area contributed by atoms with Crippen LogP contribution in [0.1, 0.15) is 26.3 Å². The van der Waals surface area contributed by atoms with E-state index in [1.54, 1.807) is 19.1 Å². The monoisotopic (exact) mass is 303 g/mol. The van der Waals surface area contributed by atoms with Gasteiger partial charge in [0, 0.05) is 13.1 Å². The van der Waals surface area contributed by atoms with E-state index < -0.39 is 12.7 Å². The van der Waals surface area contributed by atoms with Crippen LogP contribution in [0, 0.1) is 5.92 Å². The standard InChI is InChI=1S/C15H23F2NO3/c1-4-20-14-7-11(5-6-13(14)21-15(16)17)8-18-9-12(19)10(2)3/h5-7,10,12,15,18-19H,4,8-9H2,1-3H3. The van der Waals surface area contributed by atoms with Crippen LogP contribution in [-0.2, 0) is 6.54 Å². The highest BCUT2D eigenvalue weighted by atomic mass is 19.3. The van der Waals surface area contributed by atoms with Crippen LogP contribution < -0.4 is 14.8 Å². The molecule has 120 valence electrons. The molecular weight excluding hydrogens is 280 g/mol. The molecule has 1 unspecified atom stereocenters. The number of hydrogen-bond acceptors (Lipinski definition) is 4. The van der Waals surface area contributed by atoms with Gasteiger partial charge in [0.1, 0.15) is 0 Å². The molecule has 4 nitrogen and oxygen atoms in total. The van der Waals surface area contributed by atoms with Gasteiger partial charge in [0.05, 0.1) is 12.7 Å². The fraction of sp³-hybridized carbons (Fsp3) is 0.600. The van der Waals surface area contributed by atoms with Crippen LogP contribution in [0.15, 0.2) is 18.2 Å². The van der Waals surface area contributed by atoms with Gasteiger partial charge < -0.3 is 19.9 Å². The second-order valence-corrected chi connectivity index (χ2v) is 5.03. The molecule has 0 aliphatic carbocycles. The average Bonchev–Trinajstić information content (AvgIpc) is 2.41. The fourth-order valence-corrected chi connectivity index (χ4v) is 1.72. The molecule has 0 saturated carbocycles. The minimum Gasteiger partial charge on any atom is -0.490 e. The zero-order valence-corrected chi connectivity index (χ0v) is 12.6. The number of aliphatic hydroxyl groups excluding tert-OH is 1. The summed E-state index contributed by atoms with van der Waals surface area (Å²) in [6.45, 7) is 4.12. The third-order valence-corrected chi connectivity index (χ3v) is 2.98. The molecule has 6 heteroatoms. The van der Waals surface area contributed by atoms with Gasteiger partial charge in [-0.25, -0.2) is 0 Å². The Morgan fingerprint density at radius 2 is 1.95 bits per heavy atom. The van der Waals surface area contributed by atoms with E-state index in [4.69, 9.17) is 4.74 Å². The predicted octanol–water partition coefficient (Wildman–Crippen LogP) is 2.79. The molecule has 0 heterocycles. The maximum absolute atomic E-state index is 12.3. The van der Waals surface area contributed by atoms with E-state index in [-0.39, 0.29) is 11.7 Å². The number of aliphatic hydroxyl groups is 1. The van der Waals surface area contributed by atoms with E-state index in [2.05, 4.69) is 10.1 Å². The first kappa shape index (κ1) is 17.7. The summed E-state index contributed by atoms with van der Waals surface area (Å²) in [5.41, 5.74) is 0.871. The Morgan fingerprint density at radius 3 is 2.52 bits per heavy atom. The smallest absolute Gasteiger partial charge is 0.387 e. The first-order chi connectivity index (χ1) is 9.93. The van der Waals surface area contributed by atoms with Gasteiger partial charge in [-0.05, 0) is 30.5 Å². The van der Waals surface area contributed by atoms with Crippen LogP contribution in [0.2, 0.25) is 0 Å². The topological polar surface area (TPSA) is 50.7 Å². The fourth-order valence-electron chi connectivity index (χ4n) is 1.72. The highest BCUT2D eigenvalue weighted by molar-refractivity contribution is 5.43. The summed E-state index contributed by atoms with van der Waals surface area (Å²) >= 11 is 0. The van der Waals surface area contributed by atoms with Crippen molar-refractivity contribution in [1.29, 1.82) is 0 Å². The number of hydrogen-bond donors (Lipinski definition) is 2.